The van der Waals surface area contributed by atoms with E-state index in [1.54, 1.807) is 0 Å². The molecule has 1 aromatic carbocycles. The van der Waals surface area contributed by atoms with E-state index in [4.69, 9.17) is 9.47 Å². The summed E-state index contributed by atoms with van der Waals surface area (Å²) in [5.74, 6) is -0.0286. The fourth-order valence-electron chi connectivity index (χ4n) is 2.60. The highest BCUT2D eigenvalue weighted by Gasteiger charge is 2.47. The van der Waals surface area contributed by atoms with E-state index in [0.717, 1.165) is 5.56 Å². The van der Waals surface area contributed by atoms with Crippen LogP contribution < -0.4 is 0 Å². The van der Waals surface area contributed by atoms with Gasteiger partial charge in [-0.05, 0) is 12.0 Å². The Hall–Kier alpha value is -1.88. The lowest BCUT2D eigenvalue weighted by Gasteiger charge is -2.20. The van der Waals surface area contributed by atoms with E-state index < -0.39 is 12.1 Å². The van der Waals surface area contributed by atoms with E-state index in [1.165, 1.54) is 4.90 Å². The molecular formula is C14H15NO4. The fraction of sp³-hybridized carbons (Fsp3) is 0.429. The molecule has 5 heteroatoms. The average molecular weight is 261 g/mol. The lowest BCUT2D eigenvalue weighted by molar-refractivity contribution is -0.121. The van der Waals surface area contributed by atoms with E-state index in [0.29, 0.717) is 13.0 Å². The molecule has 2 aliphatic heterocycles. The third kappa shape index (κ3) is 2.33. The van der Waals surface area contributed by atoms with Crippen LogP contribution in [-0.4, -0.2) is 42.1 Å². The zero-order valence-electron chi connectivity index (χ0n) is 10.5. The molecule has 2 aliphatic rings. The first-order chi connectivity index (χ1) is 9.25. The summed E-state index contributed by atoms with van der Waals surface area (Å²) in [7, 11) is 0. The van der Waals surface area contributed by atoms with Crippen LogP contribution in [0.2, 0.25) is 0 Å². The first kappa shape index (κ1) is 12.2. The molecule has 1 aromatic rings. The van der Waals surface area contributed by atoms with Gasteiger partial charge in [-0.25, -0.2) is 4.79 Å². The number of carbonyl (C=O) groups excluding carboxylic acids is 2. The molecule has 0 spiro atoms. The first-order valence-electron chi connectivity index (χ1n) is 6.37. The SMILES string of the molecule is O=C1COC2CCN(C(=O)OCc3ccccc3)C12. The lowest BCUT2D eigenvalue weighted by Crippen LogP contribution is -2.42. The second kappa shape index (κ2) is 5.01. The lowest BCUT2D eigenvalue weighted by atomic mass is 10.1. The quantitative estimate of drug-likeness (QED) is 0.806. The van der Waals surface area contributed by atoms with Crippen LogP contribution in [0.1, 0.15) is 12.0 Å². The topological polar surface area (TPSA) is 55.8 Å². The van der Waals surface area contributed by atoms with Gasteiger partial charge in [-0.15, -0.1) is 0 Å². The number of hydrogen-bond donors (Lipinski definition) is 0. The molecule has 0 aliphatic carbocycles. The number of hydrogen-bond acceptors (Lipinski definition) is 4. The highest BCUT2D eigenvalue weighted by molar-refractivity contribution is 5.91. The van der Waals surface area contributed by atoms with Gasteiger partial charge in [0.1, 0.15) is 19.3 Å². The maximum atomic E-state index is 12.0. The van der Waals surface area contributed by atoms with Crippen molar-refractivity contribution in [1.82, 2.24) is 4.90 Å². The summed E-state index contributed by atoms with van der Waals surface area (Å²) >= 11 is 0. The smallest absolute Gasteiger partial charge is 0.410 e. The molecular weight excluding hydrogens is 246 g/mol. The standard InChI is InChI=1S/C14H15NO4/c16-11-9-18-12-6-7-15(13(11)12)14(17)19-8-10-4-2-1-3-5-10/h1-5,12-13H,6-9H2. The monoisotopic (exact) mass is 261 g/mol. The number of Topliss-reactive ketones (excluding diaryl/α,β-unsaturated/α-hetero) is 1. The van der Waals surface area contributed by atoms with Crippen molar-refractivity contribution in [2.24, 2.45) is 0 Å². The molecule has 2 fully saturated rings. The number of amides is 1. The van der Waals surface area contributed by atoms with Crippen LogP contribution in [0.15, 0.2) is 30.3 Å². The summed E-state index contributed by atoms with van der Waals surface area (Å²) in [4.78, 5) is 25.2. The van der Waals surface area contributed by atoms with Crippen LogP contribution in [0.25, 0.3) is 0 Å². The Morgan fingerprint density at radius 2 is 2.16 bits per heavy atom. The molecule has 19 heavy (non-hydrogen) atoms. The highest BCUT2D eigenvalue weighted by atomic mass is 16.6. The Labute approximate surface area is 111 Å². The Kier molecular flexibility index (Phi) is 3.21. The van der Waals surface area contributed by atoms with Gasteiger partial charge < -0.3 is 9.47 Å². The molecule has 0 saturated carbocycles. The van der Waals surface area contributed by atoms with E-state index >= 15 is 0 Å². The molecule has 0 N–H and O–H groups in total. The second-order valence-corrected chi connectivity index (χ2v) is 4.78. The molecule has 0 aromatic heterocycles. The normalized spacial score (nSPS) is 25.5. The Balaban J connectivity index is 1.60. The Morgan fingerprint density at radius 3 is 2.95 bits per heavy atom. The number of rotatable bonds is 2. The van der Waals surface area contributed by atoms with Gasteiger partial charge in [-0.2, -0.15) is 0 Å². The van der Waals surface area contributed by atoms with Crippen molar-refractivity contribution < 1.29 is 19.1 Å². The van der Waals surface area contributed by atoms with Crippen LogP contribution in [0, 0.1) is 0 Å². The number of fused-ring (bicyclic) bond motifs is 1. The third-order valence-corrected chi connectivity index (χ3v) is 3.55. The van der Waals surface area contributed by atoms with Crippen molar-refractivity contribution in [3.05, 3.63) is 35.9 Å². The molecule has 2 unspecified atom stereocenters. The average Bonchev–Trinajstić information content (AvgIpc) is 3.01. The maximum absolute atomic E-state index is 12.0. The second-order valence-electron chi connectivity index (χ2n) is 4.78. The number of carbonyl (C=O) groups is 2. The predicted octanol–water partition coefficient (Wildman–Crippen LogP) is 1.37. The van der Waals surface area contributed by atoms with Gasteiger partial charge >= 0.3 is 6.09 Å². The van der Waals surface area contributed by atoms with E-state index in [9.17, 15) is 9.59 Å². The van der Waals surface area contributed by atoms with Crippen molar-refractivity contribution in [3.8, 4) is 0 Å². The number of ether oxygens (including phenoxy) is 2. The molecule has 5 nitrogen and oxygen atoms in total. The Morgan fingerprint density at radius 1 is 1.37 bits per heavy atom. The molecule has 100 valence electrons. The Bertz CT molecular complexity index is 487. The van der Waals surface area contributed by atoms with Gasteiger partial charge in [0.05, 0.1) is 6.10 Å². The largest absolute Gasteiger partial charge is 0.445 e. The summed E-state index contributed by atoms with van der Waals surface area (Å²) in [6.45, 7) is 0.856. The van der Waals surface area contributed by atoms with Crippen molar-refractivity contribution in [3.63, 3.8) is 0 Å². The summed E-state index contributed by atoms with van der Waals surface area (Å²) in [6, 6.07) is 9.04. The molecule has 2 heterocycles. The minimum atomic E-state index is -0.441. The predicted molar refractivity (Wildman–Crippen MR) is 66.5 cm³/mol. The molecule has 2 atom stereocenters. The zero-order valence-corrected chi connectivity index (χ0v) is 10.5. The fourth-order valence-corrected chi connectivity index (χ4v) is 2.60. The molecule has 2 saturated heterocycles. The number of benzene rings is 1. The van der Waals surface area contributed by atoms with Gasteiger partial charge in [-0.3, -0.25) is 9.69 Å². The van der Waals surface area contributed by atoms with Crippen LogP contribution in [0.5, 0.6) is 0 Å². The maximum Gasteiger partial charge on any atom is 0.410 e. The summed E-state index contributed by atoms with van der Waals surface area (Å²) in [6.07, 6.45) is 0.128. The molecule has 0 radical (unpaired) electrons. The summed E-state index contributed by atoms with van der Waals surface area (Å²) in [5, 5.41) is 0. The zero-order chi connectivity index (χ0) is 13.2. The number of likely N-dealkylation sites (tertiary alicyclic amines) is 1. The van der Waals surface area contributed by atoms with Crippen molar-refractivity contribution in [2.45, 2.75) is 25.2 Å². The minimum Gasteiger partial charge on any atom is -0.445 e. The van der Waals surface area contributed by atoms with E-state index in [-0.39, 0.29) is 25.1 Å². The number of ketones is 1. The van der Waals surface area contributed by atoms with Crippen molar-refractivity contribution >= 4 is 11.9 Å². The summed E-state index contributed by atoms with van der Waals surface area (Å²) in [5.41, 5.74) is 0.931. The van der Waals surface area contributed by atoms with E-state index in [1.807, 2.05) is 30.3 Å². The van der Waals surface area contributed by atoms with Gasteiger partial charge in [0.2, 0.25) is 0 Å². The summed E-state index contributed by atoms with van der Waals surface area (Å²) < 4.78 is 10.6. The van der Waals surface area contributed by atoms with Crippen LogP contribution in [0.3, 0.4) is 0 Å². The van der Waals surface area contributed by atoms with Crippen molar-refractivity contribution in [2.75, 3.05) is 13.2 Å². The minimum absolute atomic E-state index is 0.0286. The number of nitrogens with zero attached hydrogens (tertiary/aromatic N) is 1. The van der Waals surface area contributed by atoms with E-state index in [2.05, 4.69) is 0 Å². The van der Waals surface area contributed by atoms with Crippen molar-refractivity contribution in [1.29, 1.82) is 0 Å². The van der Waals surface area contributed by atoms with Gasteiger partial charge in [0, 0.05) is 6.54 Å². The first-order valence-corrected chi connectivity index (χ1v) is 6.37. The molecule has 0 bridgehead atoms. The van der Waals surface area contributed by atoms with Crippen LogP contribution in [-0.2, 0) is 20.9 Å². The van der Waals surface area contributed by atoms with Gasteiger partial charge in [0.15, 0.2) is 5.78 Å². The molecule has 1 amide bonds. The van der Waals surface area contributed by atoms with Crippen LogP contribution in [0.4, 0.5) is 4.79 Å². The van der Waals surface area contributed by atoms with Gasteiger partial charge in [0.25, 0.3) is 0 Å². The van der Waals surface area contributed by atoms with Crippen LogP contribution >= 0.6 is 0 Å². The van der Waals surface area contributed by atoms with Gasteiger partial charge in [-0.1, -0.05) is 30.3 Å². The molecule has 3 rings (SSSR count). The third-order valence-electron chi connectivity index (χ3n) is 3.55. The highest BCUT2D eigenvalue weighted by Crippen LogP contribution is 2.27.